The van der Waals surface area contributed by atoms with Gasteiger partial charge in [0.2, 0.25) is 0 Å². The van der Waals surface area contributed by atoms with Crippen molar-refractivity contribution in [1.82, 2.24) is 4.57 Å². The highest BCUT2D eigenvalue weighted by Gasteiger charge is 2.32. The summed E-state index contributed by atoms with van der Waals surface area (Å²) in [6.45, 7) is 2.39. The number of aromatic nitrogens is 1. The van der Waals surface area contributed by atoms with Crippen molar-refractivity contribution in [3.05, 3.63) is 203 Å². The molecule has 54 heavy (non-hydrogen) atoms. The number of fused-ring (bicyclic) bond motifs is 8. The van der Waals surface area contributed by atoms with Crippen LogP contribution < -0.4 is 0 Å². The molecule has 0 saturated heterocycles. The molecule has 0 spiro atoms. The summed E-state index contributed by atoms with van der Waals surface area (Å²) in [6.07, 6.45) is 7.82. The second-order valence-corrected chi connectivity index (χ2v) is 15.5. The monoisotopic (exact) mass is 692 g/mol. The molecule has 258 valence electrons. The van der Waals surface area contributed by atoms with Gasteiger partial charge in [0.05, 0.1) is 16.7 Å². The summed E-state index contributed by atoms with van der Waals surface area (Å²) in [5, 5.41) is 5.14. The van der Waals surface area contributed by atoms with Crippen LogP contribution in [-0.4, -0.2) is 10.4 Å². The molecule has 0 radical (unpaired) electrons. The standard InChI is InChI=1S/C52H40N2/c1-33-13-11-20-40-32-44(42-22-8-9-23-43(42)50(33)40)38-26-27-48-46(30-38)51-41-21-7-5-16-35(41)25-28-49(51)54(48)52-45(31-39-17-6-10-24-47(39)53-52)37-19-12-18-36(29-37)34-14-3-2-4-15-34/h2-12,14-30,33,44-45H,13,31-32H2,1H3. The maximum Gasteiger partial charge on any atom is 0.122 e. The molecule has 8 aromatic rings. The Morgan fingerprint density at radius 2 is 1.37 bits per heavy atom. The Kier molecular flexibility index (Phi) is 7.20. The summed E-state index contributed by atoms with van der Waals surface area (Å²) in [5.74, 6) is 1.99. The SMILES string of the molecule is CC1CC=CC2=C1c1ccccc1C(c1ccc3c(c1)c1c4ccccc4ccc1n3C1=Nc3ccccc3CC1c1cccc(-c3ccccc3)c1)C2. The van der Waals surface area contributed by atoms with Crippen molar-refractivity contribution in [3.8, 4) is 11.1 Å². The minimum Gasteiger partial charge on any atom is -0.297 e. The third kappa shape index (κ3) is 4.90. The van der Waals surface area contributed by atoms with Crippen LogP contribution in [0, 0.1) is 5.92 Å². The van der Waals surface area contributed by atoms with Gasteiger partial charge in [-0.1, -0.05) is 153 Å². The Morgan fingerprint density at radius 1 is 0.593 bits per heavy atom. The predicted molar refractivity (Wildman–Crippen MR) is 227 cm³/mol. The lowest BCUT2D eigenvalue weighted by Gasteiger charge is -2.34. The maximum absolute atomic E-state index is 5.59. The first-order valence-corrected chi connectivity index (χ1v) is 19.5. The molecule has 2 nitrogen and oxygen atoms in total. The highest BCUT2D eigenvalue weighted by molar-refractivity contribution is 6.24. The van der Waals surface area contributed by atoms with Gasteiger partial charge in [-0.2, -0.15) is 0 Å². The normalized spacial score (nSPS) is 19.1. The van der Waals surface area contributed by atoms with Crippen molar-refractivity contribution < 1.29 is 0 Å². The van der Waals surface area contributed by atoms with E-state index < -0.39 is 0 Å². The molecule has 3 unspecified atom stereocenters. The number of rotatable bonds is 3. The number of aliphatic imine (C=N–C) groups is 1. The van der Waals surface area contributed by atoms with E-state index in [1.807, 2.05) is 0 Å². The molecule has 7 aromatic carbocycles. The van der Waals surface area contributed by atoms with Crippen LogP contribution in [-0.2, 0) is 6.42 Å². The number of hydrogen-bond acceptors (Lipinski definition) is 1. The third-order valence-corrected chi connectivity index (χ3v) is 12.4. The fourth-order valence-corrected chi connectivity index (χ4v) is 9.84. The Balaban J connectivity index is 1.15. The van der Waals surface area contributed by atoms with E-state index in [1.165, 1.54) is 77.1 Å². The molecule has 2 heterocycles. The number of benzene rings is 7. The van der Waals surface area contributed by atoms with Gasteiger partial charge in [0, 0.05) is 22.6 Å². The van der Waals surface area contributed by atoms with E-state index >= 15 is 0 Å². The summed E-state index contributed by atoms with van der Waals surface area (Å²) < 4.78 is 2.50. The van der Waals surface area contributed by atoms with E-state index in [4.69, 9.17) is 4.99 Å². The fourth-order valence-electron chi connectivity index (χ4n) is 9.84. The van der Waals surface area contributed by atoms with Crippen LogP contribution >= 0.6 is 0 Å². The highest BCUT2D eigenvalue weighted by Crippen LogP contribution is 2.49. The van der Waals surface area contributed by atoms with Crippen LogP contribution in [0.2, 0.25) is 0 Å². The molecule has 0 fully saturated rings. The first kappa shape index (κ1) is 31.3. The lowest BCUT2D eigenvalue weighted by molar-refractivity contribution is 0.707. The van der Waals surface area contributed by atoms with E-state index in [2.05, 4.69) is 181 Å². The van der Waals surface area contributed by atoms with Gasteiger partial charge in [-0.05, 0) is 110 Å². The van der Waals surface area contributed by atoms with E-state index in [0.717, 1.165) is 30.8 Å². The zero-order valence-electron chi connectivity index (χ0n) is 30.4. The second-order valence-electron chi connectivity index (χ2n) is 15.5. The van der Waals surface area contributed by atoms with Crippen molar-refractivity contribution in [2.45, 2.75) is 38.0 Å². The average molecular weight is 693 g/mol. The summed E-state index contributed by atoms with van der Waals surface area (Å²) in [7, 11) is 0. The Hall–Kier alpha value is -6.25. The van der Waals surface area contributed by atoms with Crippen LogP contribution in [0.15, 0.2) is 180 Å². The van der Waals surface area contributed by atoms with Crippen molar-refractivity contribution in [2.75, 3.05) is 0 Å². The van der Waals surface area contributed by atoms with Crippen molar-refractivity contribution >= 4 is 49.7 Å². The third-order valence-electron chi connectivity index (χ3n) is 12.4. The molecule has 0 amide bonds. The average Bonchev–Trinajstić information content (AvgIpc) is 3.57. The fraction of sp³-hybridized carbons (Fsp3) is 0.135. The number of para-hydroxylation sites is 1. The first-order chi connectivity index (χ1) is 26.7. The lowest BCUT2D eigenvalue weighted by Crippen LogP contribution is -2.25. The summed E-state index contributed by atoms with van der Waals surface area (Å²) in [6, 6.07) is 58.6. The zero-order valence-corrected chi connectivity index (χ0v) is 30.4. The van der Waals surface area contributed by atoms with Gasteiger partial charge in [0.15, 0.2) is 0 Å². The van der Waals surface area contributed by atoms with Crippen molar-refractivity contribution in [3.63, 3.8) is 0 Å². The lowest BCUT2D eigenvalue weighted by atomic mass is 9.70. The van der Waals surface area contributed by atoms with Gasteiger partial charge in [-0.25, -0.2) is 4.99 Å². The summed E-state index contributed by atoms with van der Waals surface area (Å²) >= 11 is 0. The first-order valence-electron chi connectivity index (χ1n) is 19.5. The summed E-state index contributed by atoms with van der Waals surface area (Å²) in [4.78, 5) is 5.59. The Morgan fingerprint density at radius 3 is 2.31 bits per heavy atom. The van der Waals surface area contributed by atoms with Crippen molar-refractivity contribution in [1.29, 1.82) is 0 Å². The van der Waals surface area contributed by atoms with E-state index in [9.17, 15) is 0 Å². The van der Waals surface area contributed by atoms with Gasteiger partial charge in [-0.15, -0.1) is 0 Å². The molecule has 1 aliphatic heterocycles. The zero-order chi connectivity index (χ0) is 35.8. The highest BCUT2D eigenvalue weighted by atomic mass is 15.1. The molecule has 0 N–H and O–H groups in total. The number of hydrogen-bond donors (Lipinski definition) is 0. The molecular formula is C52H40N2. The van der Waals surface area contributed by atoms with E-state index in [-0.39, 0.29) is 5.92 Å². The maximum atomic E-state index is 5.59. The molecule has 0 saturated carbocycles. The van der Waals surface area contributed by atoms with E-state index in [1.54, 1.807) is 5.57 Å². The van der Waals surface area contributed by atoms with E-state index in [0.29, 0.717) is 11.8 Å². The van der Waals surface area contributed by atoms with Crippen LogP contribution in [0.3, 0.4) is 0 Å². The minimum absolute atomic E-state index is 0.0733. The van der Waals surface area contributed by atoms with Gasteiger partial charge in [-0.3, -0.25) is 4.57 Å². The molecular weight excluding hydrogens is 653 g/mol. The number of allylic oxidation sites excluding steroid dienone is 4. The topological polar surface area (TPSA) is 17.3 Å². The van der Waals surface area contributed by atoms with Gasteiger partial charge in [0.1, 0.15) is 5.84 Å². The molecule has 2 aliphatic carbocycles. The smallest absolute Gasteiger partial charge is 0.122 e. The molecule has 11 rings (SSSR count). The van der Waals surface area contributed by atoms with Crippen LogP contribution in [0.25, 0.3) is 49.3 Å². The summed E-state index contributed by atoms with van der Waals surface area (Å²) in [5.41, 5.74) is 15.8. The molecule has 2 heteroatoms. The molecule has 3 atom stereocenters. The minimum atomic E-state index is 0.0733. The second kappa shape index (κ2) is 12.4. The molecule has 1 aromatic heterocycles. The van der Waals surface area contributed by atoms with Crippen LogP contribution in [0.1, 0.15) is 59.4 Å². The van der Waals surface area contributed by atoms with Crippen molar-refractivity contribution in [2.24, 2.45) is 10.9 Å². The van der Waals surface area contributed by atoms with Crippen LogP contribution in [0.4, 0.5) is 5.69 Å². The number of nitrogens with zero attached hydrogens (tertiary/aromatic N) is 2. The molecule has 3 aliphatic rings. The van der Waals surface area contributed by atoms with Gasteiger partial charge in [0.25, 0.3) is 0 Å². The quantitative estimate of drug-likeness (QED) is 0.175. The Labute approximate surface area is 316 Å². The van der Waals surface area contributed by atoms with Crippen LogP contribution in [0.5, 0.6) is 0 Å². The van der Waals surface area contributed by atoms with Gasteiger partial charge >= 0.3 is 0 Å². The Bertz CT molecular complexity index is 2880. The predicted octanol–water partition coefficient (Wildman–Crippen LogP) is 13.4. The molecule has 0 bridgehead atoms. The van der Waals surface area contributed by atoms with Gasteiger partial charge < -0.3 is 0 Å². The largest absolute Gasteiger partial charge is 0.297 e.